The number of benzene rings is 1. The molecule has 96 valence electrons. The molecule has 0 saturated carbocycles. The van der Waals surface area contributed by atoms with Crippen LogP contribution in [0.5, 0.6) is 5.75 Å². The predicted molar refractivity (Wildman–Crippen MR) is 69.0 cm³/mol. The van der Waals surface area contributed by atoms with Crippen LogP contribution in [-0.2, 0) is 11.4 Å². The summed E-state index contributed by atoms with van der Waals surface area (Å²) in [5.41, 5.74) is 1.53. The van der Waals surface area contributed by atoms with Crippen LogP contribution in [0.4, 0.5) is 0 Å². The second kappa shape index (κ2) is 6.67. The van der Waals surface area contributed by atoms with Crippen LogP contribution in [0.1, 0.15) is 18.1 Å². The average Bonchev–Trinajstić information content (AvgIpc) is 2.38. The molecule has 1 unspecified atom stereocenters. The van der Waals surface area contributed by atoms with Gasteiger partial charge < -0.3 is 15.2 Å². The Morgan fingerprint density at radius 1 is 1.61 bits per heavy atom. The number of nitrogens with one attached hydrogen (secondary N) is 1. The highest BCUT2D eigenvalue weighted by atomic mass is 16.5. The van der Waals surface area contributed by atoms with Crippen LogP contribution in [-0.4, -0.2) is 23.7 Å². The Balaban J connectivity index is 2.78. The smallest absolute Gasteiger partial charge is 0.261 e. The summed E-state index contributed by atoms with van der Waals surface area (Å²) >= 11 is 0. The zero-order chi connectivity index (χ0) is 13.5. The molecule has 0 aliphatic heterocycles. The summed E-state index contributed by atoms with van der Waals surface area (Å²) in [6, 6.07) is 5.45. The number of terminal acetylenes is 1. The van der Waals surface area contributed by atoms with Gasteiger partial charge in [-0.2, -0.15) is 0 Å². The van der Waals surface area contributed by atoms with E-state index in [2.05, 4.69) is 11.2 Å². The lowest BCUT2D eigenvalue weighted by molar-refractivity contribution is -0.127. The number of aliphatic hydroxyl groups excluding tert-OH is 1. The van der Waals surface area contributed by atoms with Gasteiger partial charge in [0.25, 0.3) is 5.91 Å². The first-order valence-electron chi connectivity index (χ1n) is 5.67. The van der Waals surface area contributed by atoms with Crippen molar-refractivity contribution in [3.8, 4) is 18.1 Å². The molecule has 0 fully saturated rings. The van der Waals surface area contributed by atoms with Crippen molar-refractivity contribution in [3.05, 3.63) is 29.3 Å². The van der Waals surface area contributed by atoms with E-state index in [9.17, 15) is 9.90 Å². The molecular formula is C14H17NO3. The molecule has 0 bridgehead atoms. The number of hydrogen-bond acceptors (Lipinski definition) is 3. The van der Waals surface area contributed by atoms with Gasteiger partial charge in [-0.25, -0.2) is 0 Å². The van der Waals surface area contributed by atoms with Gasteiger partial charge in [0, 0.05) is 5.56 Å². The van der Waals surface area contributed by atoms with Crippen LogP contribution in [0, 0.1) is 19.3 Å². The Morgan fingerprint density at radius 3 is 2.94 bits per heavy atom. The molecule has 2 N–H and O–H groups in total. The summed E-state index contributed by atoms with van der Waals surface area (Å²) in [4.78, 5) is 11.6. The van der Waals surface area contributed by atoms with Crippen molar-refractivity contribution in [2.75, 3.05) is 6.54 Å². The van der Waals surface area contributed by atoms with E-state index in [1.165, 1.54) is 0 Å². The van der Waals surface area contributed by atoms with Crippen molar-refractivity contribution in [2.24, 2.45) is 0 Å². The summed E-state index contributed by atoms with van der Waals surface area (Å²) < 4.78 is 5.59. The van der Waals surface area contributed by atoms with Crippen molar-refractivity contribution >= 4 is 5.91 Å². The molecule has 1 aromatic rings. The van der Waals surface area contributed by atoms with Gasteiger partial charge in [-0.3, -0.25) is 4.79 Å². The van der Waals surface area contributed by atoms with Gasteiger partial charge in [-0.05, 0) is 19.4 Å². The molecule has 0 aromatic heterocycles. The molecule has 0 heterocycles. The molecule has 0 spiro atoms. The number of para-hydroxylation sites is 1. The van der Waals surface area contributed by atoms with Gasteiger partial charge in [0.1, 0.15) is 5.75 Å². The highest BCUT2D eigenvalue weighted by molar-refractivity contribution is 5.81. The Morgan fingerprint density at radius 2 is 2.33 bits per heavy atom. The number of carbonyl (C=O) groups excluding carboxylic acids is 1. The Bertz CT molecular complexity index is 463. The third-order valence-corrected chi connectivity index (χ3v) is 2.49. The van der Waals surface area contributed by atoms with Crippen LogP contribution in [0.2, 0.25) is 0 Å². The minimum Gasteiger partial charge on any atom is -0.480 e. The van der Waals surface area contributed by atoms with Gasteiger partial charge >= 0.3 is 0 Å². The zero-order valence-electron chi connectivity index (χ0n) is 10.6. The molecule has 0 saturated heterocycles. The first-order chi connectivity index (χ1) is 8.60. The van der Waals surface area contributed by atoms with E-state index in [0.717, 1.165) is 5.56 Å². The van der Waals surface area contributed by atoms with E-state index in [0.29, 0.717) is 11.3 Å². The monoisotopic (exact) mass is 247 g/mol. The summed E-state index contributed by atoms with van der Waals surface area (Å²) in [7, 11) is 0. The molecule has 1 atom stereocenters. The molecule has 18 heavy (non-hydrogen) atoms. The maximum atomic E-state index is 11.6. The van der Waals surface area contributed by atoms with E-state index >= 15 is 0 Å². The molecular weight excluding hydrogens is 230 g/mol. The number of rotatable bonds is 5. The van der Waals surface area contributed by atoms with Gasteiger partial charge in [-0.1, -0.05) is 24.1 Å². The molecule has 4 heteroatoms. The van der Waals surface area contributed by atoms with Gasteiger partial charge in [0.05, 0.1) is 13.2 Å². The topological polar surface area (TPSA) is 58.6 Å². The maximum absolute atomic E-state index is 11.6. The lowest BCUT2D eigenvalue weighted by atomic mass is 10.1. The Kier molecular flexibility index (Phi) is 5.22. The highest BCUT2D eigenvalue weighted by Gasteiger charge is 2.16. The summed E-state index contributed by atoms with van der Waals surface area (Å²) in [6.45, 7) is 3.54. The van der Waals surface area contributed by atoms with Crippen LogP contribution in [0.15, 0.2) is 18.2 Å². The fourth-order valence-electron chi connectivity index (χ4n) is 1.52. The quantitative estimate of drug-likeness (QED) is 0.763. The predicted octanol–water partition coefficient (Wildman–Crippen LogP) is 1.00. The van der Waals surface area contributed by atoms with E-state index in [1.54, 1.807) is 13.0 Å². The van der Waals surface area contributed by atoms with Gasteiger partial charge in [0.2, 0.25) is 0 Å². The van der Waals surface area contributed by atoms with Crippen molar-refractivity contribution in [1.29, 1.82) is 0 Å². The number of hydrogen-bond donors (Lipinski definition) is 2. The minimum absolute atomic E-state index is 0.129. The molecule has 0 aliphatic carbocycles. The lowest BCUT2D eigenvalue weighted by Crippen LogP contribution is -2.36. The lowest BCUT2D eigenvalue weighted by Gasteiger charge is -2.18. The van der Waals surface area contributed by atoms with Crippen molar-refractivity contribution < 1.29 is 14.6 Å². The largest absolute Gasteiger partial charge is 0.480 e. The van der Waals surface area contributed by atoms with E-state index in [-0.39, 0.29) is 19.1 Å². The fraction of sp³-hybridized carbons (Fsp3) is 0.357. The third-order valence-electron chi connectivity index (χ3n) is 2.49. The van der Waals surface area contributed by atoms with Crippen LogP contribution in [0.25, 0.3) is 0 Å². The second-order valence-corrected chi connectivity index (χ2v) is 3.90. The molecule has 1 aromatic carbocycles. The zero-order valence-corrected chi connectivity index (χ0v) is 10.6. The summed E-state index contributed by atoms with van der Waals surface area (Å²) in [6.07, 6.45) is 4.40. The van der Waals surface area contributed by atoms with Gasteiger partial charge in [0.15, 0.2) is 6.10 Å². The van der Waals surface area contributed by atoms with Crippen LogP contribution in [0.3, 0.4) is 0 Å². The van der Waals surface area contributed by atoms with Crippen LogP contribution >= 0.6 is 0 Å². The first kappa shape index (κ1) is 14.1. The van der Waals surface area contributed by atoms with E-state index in [1.807, 2.05) is 19.1 Å². The molecule has 0 radical (unpaired) electrons. The summed E-state index contributed by atoms with van der Waals surface area (Å²) in [5, 5.41) is 11.8. The van der Waals surface area contributed by atoms with Gasteiger partial charge in [-0.15, -0.1) is 6.42 Å². The minimum atomic E-state index is -0.662. The normalized spacial score (nSPS) is 11.4. The molecule has 1 amide bonds. The van der Waals surface area contributed by atoms with Crippen molar-refractivity contribution in [1.82, 2.24) is 5.32 Å². The number of aliphatic hydroxyl groups is 1. The Labute approximate surface area is 107 Å². The molecule has 0 aliphatic rings. The van der Waals surface area contributed by atoms with Crippen LogP contribution < -0.4 is 10.1 Å². The summed E-state index contributed by atoms with van der Waals surface area (Å²) in [5.74, 6) is 2.59. The number of aryl methyl sites for hydroxylation is 1. The fourth-order valence-corrected chi connectivity index (χ4v) is 1.52. The Hall–Kier alpha value is -1.99. The van der Waals surface area contributed by atoms with E-state index < -0.39 is 6.10 Å². The van der Waals surface area contributed by atoms with Crippen molar-refractivity contribution in [2.45, 2.75) is 26.6 Å². The number of carbonyl (C=O) groups is 1. The number of ether oxygens (including phenoxy) is 1. The molecule has 1 rings (SSSR count). The number of amides is 1. The average molecular weight is 247 g/mol. The van der Waals surface area contributed by atoms with E-state index in [4.69, 9.17) is 11.2 Å². The third kappa shape index (κ3) is 3.51. The maximum Gasteiger partial charge on any atom is 0.261 e. The standard InChI is InChI=1S/C14H17NO3/c1-4-8-15-14(17)11(3)18-13-10(2)6-5-7-12(13)9-16/h1,5-7,11,16H,8-9H2,2-3H3,(H,15,17). The molecule has 4 nitrogen and oxygen atoms in total. The highest BCUT2D eigenvalue weighted by Crippen LogP contribution is 2.24. The SMILES string of the molecule is C#CCNC(=O)C(C)Oc1c(C)cccc1CO. The second-order valence-electron chi connectivity index (χ2n) is 3.90. The van der Waals surface area contributed by atoms with Crippen molar-refractivity contribution in [3.63, 3.8) is 0 Å². The first-order valence-corrected chi connectivity index (χ1v) is 5.67.